The number of carbonyl (C=O) groups excluding carboxylic acids is 1. The van der Waals surface area contributed by atoms with Crippen molar-refractivity contribution >= 4 is 18.3 Å². The van der Waals surface area contributed by atoms with Gasteiger partial charge >= 0.3 is 0 Å². The molecule has 2 aromatic carbocycles. The Hall–Kier alpha value is -1.84. The highest BCUT2D eigenvalue weighted by Crippen LogP contribution is 2.27. The molecule has 1 amide bonds. The maximum atomic E-state index is 12.1. The van der Waals surface area contributed by atoms with Crippen LogP contribution in [0, 0.1) is 5.92 Å². The van der Waals surface area contributed by atoms with Crippen LogP contribution < -0.4 is 10.6 Å². The standard InChI is InChI=1S/C22H28N2O.ClH/c25-22(12-11-18-13-15-23-17-18)24-16-14-21(19-7-3-1-4-8-19)20-9-5-2-6-10-20;/h1-10,18,21,23H,11-17H2,(H,24,25);1H. The predicted molar refractivity (Wildman–Crippen MR) is 110 cm³/mol. The monoisotopic (exact) mass is 372 g/mol. The first-order valence-corrected chi connectivity index (χ1v) is 9.40. The minimum absolute atomic E-state index is 0. The molecule has 1 saturated heterocycles. The zero-order valence-corrected chi connectivity index (χ0v) is 16.0. The molecular weight excluding hydrogens is 344 g/mol. The third kappa shape index (κ3) is 6.15. The molecule has 1 aliphatic heterocycles. The van der Waals surface area contributed by atoms with Crippen LogP contribution in [-0.4, -0.2) is 25.5 Å². The van der Waals surface area contributed by atoms with E-state index >= 15 is 0 Å². The molecule has 2 N–H and O–H groups in total. The van der Waals surface area contributed by atoms with Crippen molar-refractivity contribution in [2.75, 3.05) is 19.6 Å². The van der Waals surface area contributed by atoms with E-state index in [0.29, 0.717) is 18.3 Å². The average molecular weight is 373 g/mol. The number of nitrogens with one attached hydrogen (secondary N) is 2. The molecule has 0 spiro atoms. The van der Waals surface area contributed by atoms with Crippen LogP contribution in [0.4, 0.5) is 0 Å². The number of hydrogen-bond acceptors (Lipinski definition) is 2. The highest BCUT2D eigenvalue weighted by atomic mass is 35.5. The van der Waals surface area contributed by atoms with Gasteiger partial charge in [0.25, 0.3) is 0 Å². The van der Waals surface area contributed by atoms with E-state index in [-0.39, 0.29) is 18.3 Å². The molecule has 0 saturated carbocycles. The summed E-state index contributed by atoms with van der Waals surface area (Å²) in [5.41, 5.74) is 2.61. The maximum Gasteiger partial charge on any atom is 0.220 e. The summed E-state index contributed by atoms with van der Waals surface area (Å²) in [4.78, 5) is 12.1. The summed E-state index contributed by atoms with van der Waals surface area (Å²) in [6.45, 7) is 2.88. The third-order valence-corrected chi connectivity index (χ3v) is 5.10. The summed E-state index contributed by atoms with van der Waals surface area (Å²) in [6, 6.07) is 21.1. The van der Waals surface area contributed by atoms with E-state index in [4.69, 9.17) is 0 Å². The molecule has 140 valence electrons. The average Bonchev–Trinajstić information content (AvgIpc) is 3.19. The lowest BCUT2D eigenvalue weighted by Gasteiger charge is -2.18. The van der Waals surface area contributed by atoms with Gasteiger partial charge in [-0.25, -0.2) is 0 Å². The van der Waals surface area contributed by atoms with Gasteiger partial charge in [0.15, 0.2) is 0 Å². The normalized spacial score (nSPS) is 16.3. The van der Waals surface area contributed by atoms with E-state index < -0.39 is 0 Å². The Kier molecular flexibility index (Phi) is 8.66. The van der Waals surface area contributed by atoms with Crippen LogP contribution in [0.25, 0.3) is 0 Å². The van der Waals surface area contributed by atoms with E-state index in [1.807, 2.05) is 12.1 Å². The molecule has 0 radical (unpaired) electrons. The lowest BCUT2D eigenvalue weighted by Crippen LogP contribution is -2.26. The van der Waals surface area contributed by atoms with Crippen LogP contribution in [-0.2, 0) is 4.79 Å². The highest BCUT2D eigenvalue weighted by Gasteiger charge is 2.17. The third-order valence-electron chi connectivity index (χ3n) is 5.10. The van der Waals surface area contributed by atoms with Gasteiger partial charge in [-0.15, -0.1) is 12.4 Å². The second-order valence-electron chi connectivity index (χ2n) is 6.91. The van der Waals surface area contributed by atoms with E-state index in [9.17, 15) is 4.79 Å². The van der Waals surface area contributed by atoms with E-state index in [1.54, 1.807) is 0 Å². The van der Waals surface area contributed by atoms with Gasteiger partial charge < -0.3 is 10.6 Å². The van der Waals surface area contributed by atoms with Gasteiger partial charge in [0.05, 0.1) is 0 Å². The topological polar surface area (TPSA) is 41.1 Å². The molecule has 1 aliphatic rings. The second kappa shape index (κ2) is 11.0. The predicted octanol–water partition coefficient (Wildman–Crippen LogP) is 4.14. The molecule has 4 heteroatoms. The first kappa shape index (κ1) is 20.5. The summed E-state index contributed by atoms with van der Waals surface area (Å²) < 4.78 is 0. The number of benzene rings is 2. The van der Waals surface area contributed by atoms with Crippen LogP contribution in [0.15, 0.2) is 60.7 Å². The molecular formula is C22H29ClN2O. The Labute approximate surface area is 163 Å². The molecule has 0 aromatic heterocycles. The fourth-order valence-electron chi connectivity index (χ4n) is 3.64. The largest absolute Gasteiger partial charge is 0.356 e. The molecule has 0 bridgehead atoms. The maximum absolute atomic E-state index is 12.1. The van der Waals surface area contributed by atoms with E-state index in [0.717, 1.165) is 32.5 Å². The molecule has 1 atom stereocenters. The zero-order chi connectivity index (χ0) is 17.3. The van der Waals surface area contributed by atoms with Gasteiger partial charge in [-0.2, -0.15) is 0 Å². The van der Waals surface area contributed by atoms with Crippen molar-refractivity contribution < 1.29 is 4.79 Å². The zero-order valence-electron chi connectivity index (χ0n) is 15.2. The lowest BCUT2D eigenvalue weighted by molar-refractivity contribution is -0.121. The number of amides is 1. The summed E-state index contributed by atoms with van der Waals surface area (Å²) >= 11 is 0. The van der Waals surface area contributed by atoms with Crippen molar-refractivity contribution in [3.63, 3.8) is 0 Å². The second-order valence-corrected chi connectivity index (χ2v) is 6.91. The summed E-state index contributed by atoms with van der Waals surface area (Å²) in [7, 11) is 0. The fourth-order valence-corrected chi connectivity index (χ4v) is 3.64. The molecule has 1 unspecified atom stereocenters. The van der Waals surface area contributed by atoms with Gasteiger partial charge in [0.1, 0.15) is 0 Å². The Morgan fingerprint density at radius 1 is 1.04 bits per heavy atom. The van der Waals surface area contributed by atoms with Crippen molar-refractivity contribution in [3.05, 3.63) is 71.8 Å². The van der Waals surface area contributed by atoms with Crippen LogP contribution in [0.3, 0.4) is 0 Å². The molecule has 2 aromatic rings. The van der Waals surface area contributed by atoms with Crippen molar-refractivity contribution in [3.8, 4) is 0 Å². The minimum atomic E-state index is 0. The lowest BCUT2D eigenvalue weighted by atomic mass is 9.88. The summed E-state index contributed by atoms with van der Waals surface area (Å²) in [5.74, 6) is 1.18. The number of carbonyl (C=O) groups is 1. The van der Waals surface area contributed by atoms with Crippen LogP contribution in [0.2, 0.25) is 0 Å². The van der Waals surface area contributed by atoms with Crippen LogP contribution in [0.1, 0.15) is 42.7 Å². The number of hydrogen-bond donors (Lipinski definition) is 2. The number of halogens is 1. The van der Waals surface area contributed by atoms with E-state index in [2.05, 4.69) is 59.2 Å². The Balaban J connectivity index is 0.00000243. The van der Waals surface area contributed by atoms with E-state index in [1.165, 1.54) is 17.5 Å². The smallest absolute Gasteiger partial charge is 0.220 e. The molecule has 3 rings (SSSR count). The fraction of sp³-hybridized carbons (Fsp3) is 0.409. The van der Waals surface area contributed by atoms with Gasteiger partial charge in [0, 0.05) is 18.9 Å². The first-order chi connectivity index (χ1) is 12.3. The number of rotatable bonds is 8. The van der Waals surface area contributed by atoms with Gasteiger partial charge in [-0.05, 0) is 49.4 Å². The first-order valence-electron chi connectivity index (χ1n) is 9.40. The van der Waals surface area contributed by atoms with Crippen LogP contribution in [0.5, 0.6) is 0 Å². The van der Waals surface area contributed by atoms with Crippen molar-refractivity contribution in [2.45, 2.75) is 31.6 Å². The summed E-state index contributed by atoms with van der Waals surface area (Å²) in [6.07, 6.45) is 3.77. The minimum Gasteiger partial charge on any atom is -0.356 e. The Morgan fingerprint density at radius 3 is 2.19 bits per heavy atom. The van der Waals surface area contributed by atoms with Crippen molar-refractivity contribution in [1.29, 1.82) is 0 Å². The van der Waals surface area contributed by atoms with Gasteiger partial charge in [0.2, 0.25) is 5.91 Å². The highest BCUT2D eigenvalue weighted by molar-refractivity contribution is 5.85. The van der Waals surface area contributed by atoms with Crippen LogP contribution >= 0.6 is 12.4 Å². The molecule has 1 fully saturated rings. The van der Waals surface area contributed by atoms with Gasteiger partial charge in [-0.3, -0.25) is 4.79 Å². The van der Waals surface area contributed by atoms with Crippen molar-refractivity contribution in [1.82, 2.24) is 10.6 Å². The molecule has 0 aliphatic carbocycles. The molecule has 1 heterocycles. The quantitative estimate of drug-likeness (QED) is 0.731. The van der Waals surface area contributed by atoms with Gasteiger partial charge in [-0.1, -0.05) is 60.7 Å². The molecule has 3 nitrogen and oxygen atoms in total. The SMILES string of the molecule is Cl.O=C(CCC1CCNC1)NCCC(c1ccccc1)c1ccccc1. The molecule has 26 heavy (non-hydrogen) atoms. The Morgan fingerprint density at radius 2 is 1.65 bits per heavy atom. The van der Waals surface area contributed by atoms with Crippen molar-refractivity contribution in [2.24, 2.45) is 5.92 Å². The Bertz CT molecular complexity index is 602. The summed E-state index contributed by atoms with van der Waals surface area (Å²) in [5, 5.41) is 6.48.